The van der Waals surface area contributed by atoms with Crippen LogP contribution in [0.2, 0.25) is 0 Å². The first-order valence-electron chi connectivity index (χ1n) is 32.4. The van der Waals surface area contributed by atoms with Gasteiger partial charge in [-0.15, -0.1) is 0 Å². The molecule has 0 rings (SSSR count). The van der Waals surface area contributed by atoms with Crippen molar-refractivity contribution in [1.29, 1.82) is 0 Å². The molecule has 0 saturated heterocycles. The molecule has 3 N–H and O–H groups in total. The van der Waals surface area contributed by atoms with Crippen molar-refractivity contribution in [3.63, 3.8) is 0 Å². The summed E-state index contributed by atoms with van der Waals surface area (Å²) in [7, 11) is 0. The molecule has 412 valence electrons. The van der Waals surface area contributed by atoms with E-state index in [1.165, 1.54) is 334 Å². The Morgan fingerprint density at radius 1 is 0.333 bits per heavy atom. The lowest BCUT2D eigenvalue weighted by Crippen LogP contribution is -2.45. The van der Waals surface area contributed by atoms with Crippen molar-refractivity contribution in [1.82, 2.24) is 5.32 Å². The predicted octanol–water partition coefficient (Wildman–Crippen LogP) is 21.7. The van der Waals surface area contributed by atoms with E-state index in [-0.39, 0.29) is 12.5 Å². The number of allylic oxidation sites excluding steroid dienone is 1. The van der Waals surface area contributed by atoms with Crippen LogP contribution in [0, 0.1) is 0 Å². The number of aliphatic hydroxyl groups is 2. The van der Waals surface area contributed by atoms with Crippen LogP contribution >= 0.6 is 0 Å². The number of hydrogen-bond donors (Lipinski definition) is 3. The van der Waals surface area contributed by atoms with Crippen molar-refractivity contribution in [2.45, 2.75) is 392 Å². The lowest BCUT2D eigenvalue weighted by Gasteiger charge is -2.20. The molecule has 0 aliphatic rings. The number of carbonyl (C=O) groups is 1. The van der Waals surface area contributed by atoms with E-state index in [4.69, 9.17) is 0 Å². The molecule has 0 aromatic carbocycles. The maximum Gasteiger partial charge on any atom is 0.220 e. The van der Waals surface area contributed by atoms with Crippen LogP contribution in [0.25, 0.3) is 0 Å². The lowest BCUT2D eigenvalue weighted by atomic mass is 10.0. The van der Waals surface area contributed by atoms with Crippen LogP contribution in [-0.4, -0.2) is 34.9 Å². The monoisotopic (exact) mass is 972 g/mol. The van der Waals surface area contributed by atoms with Crippen LogP contribution in [0.4, 0.5) is 0 Å². The molecule has 1 amide bonds. The third kappa shape index (κ3) is 57.9. The molecule has 4 heteroatoms. The van der Waals surface area contributed by atoms with E-state index < -0.39 is 12.1 Å². The fourth-order valence-corrected chi connectivity index (χ4v) is 10.6. The van der Waals surface area contributed by atoms with Gasteiger partial charge in [0.1, 0.15) is 0 Å². The van der Waals surface area contributed by atoms with Crippen molar-refractivity contribution in [2.75, 3.05) is 6.61 Å². The smallest absolute Gasteiger partial charge is 0.220 e. The highest BCUT2D eigenvalue weighted by Crippen LogP contribution is 2.19. The highest BCUT2D eigenvalue weighted by molar-refractivity contribution is 5.76. The van der Waals surface area contributed by atoms with Crippen LogP contribution < -0.4 is 5.32 Å². The number of nitrogens with one attached hydrogen (secondary N) is 1. The summed E-state index contributed by atoms with van der Waals surface area (Å²) < 4.78 is 0. The van der Waals surface area contributed by atoms with Crippen molar-refractivity contribution < 1.29 is 15.0 Å². The van der Waals surface area contributed by atoms with E-state index in [0.29, 0.717) is 6.42 Å². The molecule has 0 aromatic rings. The predicted molar refractivity (Wildman–Crippen MR) is 309 cm³/mol. The van der Waals surface area contributed by atoms with Crippen molar-refractivity contribution in [2.24, 2.45) is 0 Å². The third-order valence-electron chi connectivity index (χ3n) is 15.5. The summed E-state index contributed by atoms with van der Waals surface area (Å²) in [5, 5.41) is 23.3. The van der Waals surface area contributed by atoms with E-state index in [2.05, 4.69) is 19.2 Å². The molecule has 0 aromatic heterocycles. The molecule has 2 unspecified atom stereocenters. The van der Waals surface area contributed by atoms with E-state index >= 15 is 0 Å². The van der Waals surface area contributed by atoms with Gasteiger partial charge in [-0.1, -0.05) is 366 Å². The number of aliphatic hydroxyl groups excluding tert-OH is 2. The minimum Gasteiger partial charge on any atom is -0.394 e. The number of carbonyl (C=O) groups excluding carboxylic acids is 1. The maximum atomic E-state index is 12.5. The number of amides is 1. The Balaban J connectivity index is 3.41. The summed E-state index contributed by atoms with van der Waals surface area (Å²) in [6.45, 7) is 4.36. The van der Waals surface area contributed by atoms with Gasteiger partial charge < -0.3 is 15.5 Å². The van der Waals surface area contributed by atoms with E-state index in [0.717, 1.165) is 25.7 Å². The van der Waals surface area contributed by atoms with E-state index in [9.17, 15) is 15.0 Å². The van der Waals surface area contributed by atoms with Gasteiger partial charge in [-0.25, -0.2) is 0 Å². The van der Waals surface area contributed by atoms with E-state index in [1.54, 1.807) is 6.08 Å². The van der Waals surface area contributed by atoms with Gasteiger partial charge in [0.2, 0.25) is 5.91 Å². The number of unbranched alkanes of at least 4 members (excludes halogenated alkanes) is 54. The van der Waals surface area contributed by atoms with Gasteiger partial charge in [-0.2, -0.15) is 0 Å². The summed E-state index contributed by atoms with van der Waals surface area (Å²) >= 11 is 0. The fourth-order valence-electron chi connectivity index (χ4n) is 10.6. The SMILES string of the molecule is CCCCCCCCCCCCCCCCCCCCCCCCCCCCC/C=C/C(O)C(CO)NC(=O)CCCCCCCCCCCCCCCCCCCCCCCCCCCCCC. The zero-order valence-electron chi connectivity index (χ0n) is 47.6. The Bertz CT molecular complexity index is 967. The first kappa shape index (κ1) is 68.1. The van der Waals surface area contributed by atoms with Gasteiger partial charge in [0.05, 0.1) is 18.8 Å². The summed E-state index contributed by atoms with van der Waals surface area (Å²) in [4.78, 5) is 12.5. The molecule has 0 spiro atoms. The van der Waals surface area contributed by atoms with Gasteiger partial charge in [0.15, 0.2) is 0 Å². The molecular formula is C65H129NO3. The second-order valence-electron chi connectivity index (χ2n) is 22.6. The minimum atomic E-state index is -0.837. The van der Waals surface area contributed by atoms with Gasteiger partial charge in [-0.3, -0.25) is 4.79 Å². The first-order chi connectivity index (χ1) is 34.2. The quantitative estimate of drug-likeness (QED) is 0.0420. The average Bonchev–Trinajstić information content (AvgIpc) is 3.35. The number of hydrogen-bond acceptors (Lipinski definition) is 3. The van der Waals surface area contributed by atoms with Gasteiger partial charge in [0.25, 0.3) is 0 Å². The summed E-state index contributed by atoms with van der Waals surface area (Å²) in [5.41, 5.74) is 0. The highest BCUT2D eigenvalue weighted by Gasteiger charge is 2.18. The van der Waals surface area contributed by atoms with Gasteiger partial charge >= 0.3 is 0 Å². The minimum absolute atomic E-state index is 0.0538. The van der Waals surface area contributed by atoms with Crippen LogP contribution in [-0.2, 0) is 4.79 Å². The van der Waals surface area contributed by atoms with Crippen molar-refractivity contribution in [3.8, 4) is 0 Å². The largest absolute Gasteiger partial charge is 0.394 e. The summed E-state index contributed by atoms with van der Waals surface area (Å²) in [5.74, 6) is -0.0538. The molecule has 0 bridgehead atoms. The molecule has 4 nitrogen and oxygen atoms in total. The Morgan fingerprint density at radius 2 is 0.536 bits per heavy atom. The van der Waals surface area contributed by atoms with Gasteiger partial charge in [-0.05, 0) is 19.3 Å². The average molecular weight is 973 g/mol. The first-order valence-corrected chi connectivity index (χ1v) is 32.4. The topological polar surface area (TPSA) is 69.6 Å². The normalized spacial score (nSPS) is 12.7. The molecule has 0 radical (unpaired) electrons. The Kier molecular flexibility index (Phi) is 60.7. The Morgan fingerprint density at radius 3 is 0.754 bits per heavy atom. The molecule has 69 heavy (non-hydrogen) atoms. The second-order valence-corrected chi connectivity index (χ2v) is 22.6. The molecule has 0 fully saturated rings. The third-order valence-corrected chi connectivity index (χ3v) is 15.5. The standard InChI is InChI=1S/C65H129NO3/c1-3-5-7-9-11-13-15-17-19-21-23-25-27-29-31-33-34-36-38-40-42-44-46-48-50-52-54-56-58-60-64(68)63(62-67)66-65(69)61-59-57-55-53-51-49-47-45-43-41-39-37-35-32-30-28-26-24-22-20-18-16-14-12-10-8-6-4-2/h58,60,63-64,67-68H,3-57,59,61-62H2,1-2H3,(H,66,69)/b60-58+. The molecular weight excluding hydrogens is 843 g/mol. The van der Waals surface area contributed by atoms with Crippen molar-refractivity contribution in [3.05, 3.63) is 12.2 Å². The summed E-state index contributed by atoms with van der Waals surface area (Å²) in [6.07, 6.45) is 81.4. The number of rotatable bonds is 61. The second kappa shape index (κ2) is 61.4. The molecule has 0 heterocycles. The molecule has 0 aliphatic heterocycles. The van der Waals surface area contributed by atoms with E-state index in [1.807, 2.05) is 6.08 Å². The molecule has 0 aliphatic carbocycles. The van der Waals surface area contributed by atoms with Crippen LogP contribution in [0.3, 0.4) is 0 Å². The molecule has 0 saturated carbocycles. The zero-order chi connectivity index (χ0) is 49.9. The maximum absolute atomic E-state index is 12.5. The highest BCUT2D eigenvalue weighted by atomic mass is 16.3. The van der Waals surface area contributed by atoms with Crippen LogP contribution in [0.1, 0.15) is 380 Å². The van der Waals surface area contributed by atoms with Gasteiger partial charge in [0, 0.05) is 6.42 Å². The van der Waals surface area contributed by atoms with Crippen LogP contribution in [0.5, 0.6) is 0 Å². The van der Waals surface area contributed by atoms with Crippen LogP contribution in [0.15, 0.2) is 12.2 Å². The lowest BCUT2D eigenvalue weighted by molar-refractivity contribution is -0.123. The summed E-state index contributed by atoms with van der Waals surface area (Å²) in [6, 6.07) is -0.619. The Hall–Kier alpha value is -0.870. The Labute approximate surface area is 435 Å². The zero-order valence-corrected chi connectivity index (χ0v) is 47.6. The van der Waals surface area contributed by atoms with Crippen molar-refractivity contribution >= 4 is 5.91 Å². The molecule has 2 atom stereocenters. The fraction of sp³-hybridized carbons (Fsp3) is 0.954.